The first-order valence-electron chi connectivity index (χ1n) is 14.4. The van der Waals surface area contributed by atoms with E-state index in [2.05, 4.69) is 17.5 Å². The zero-order valence-electron chi connectivity index (χ0n) is 25.4. The third-order valence-electron chi connectivity index (χ3n) is 7.72. The van der Waals surface area contributed by atoms with Crippen LogP contribution in [0.25, 0.3) is 6.08 Å². The quantitative estimate of drug-likeness (QED) is 0.417. The number of carbonyl (C=O) groups is 4. The zero-order valence-corrected chi connectivity index (χ0v) is 25.4. The maximum absolute atomic E-state index is 13.8. The predicted octanol–water partition coefficient (Wildman–Crippen LogP) is 4.02. The molecular weight excluding hydrogens is 542 g/mol. The molecule has 0 spiro atoms. The van der Waals surface area contributed by atoms with Crippen molar-refractivity contribution in [2.24, 2.45) is 5.41 Å². The van der Waals surface area contributed by atoms with Crippen LogP contribution in [0.3, 0.4) is 0 Å². The Morgan fingerprint density at radius 2 is 1.93 bits per heavy atom. The molecule has 3 heterocycles. The Labute approximate surface area is 247 Å². The molecule has 3 aliphatic heterocycles. The van der Waals surface area contributed by atoms with Crippen molar-refractivity contribution in [3.63, 3.8) is 0 Å². The van der Waals surface area contributed by atoms with Gasteiger partial charge in [0, 0.05) is 13.0 Å². The fourth-order valence-corrected chi connectivity index (χ4v) is 5.35. The van der Waals surface area contributed by atoms with Crippen molar-refractivity contribution in [1.29, 1.82) is 0 Å². The number of nitrogens with zero attached hydrogens (tertiary/aromatic N) is 2. The van der Waals surface area contributed by atoms with Gasteiger partial charge in [0.1, 0.15) is 18.2 Å². The van der Waals surface area contributed by atoms with E-state index in [-0.39, 0.29) is 31.6 Å². The second-order valence-corrected chi connectivity index (χ2v) is 12.9. The molecule has 1 N–H and O–H groups in total. The number of amides is 3. The van der Waals surface area contributed by atoms with Gasteiger partial charge in [0.05, 0.1) is 39.0 Å². The molecule has 1 fully saturated rings. The van der Waals surface area contributed by atoms with Crippen LogP contribution < -0.4 is 5.32 Å². The summed E-state index contributed by atoms with van der Waals surface area (Å²) in [6.07, 6.45) is 3.74. The lowest BCUT2D eigenvalue weighted by Gasteiger charge is -2.30. The van der Waals surface area contributed by atoms with E-state index in [0.717, 1.165) is 29.5 Å². The van der Waals surface area contributed by atoms with Gasteiger partial charge >= 0.3 is 18.2 Å². The van der Waals surface area contributed by atoms with E-state index in [1.807, 2.05) is 52.8 Å². The van der Waals surface area contributed by atoms with Crippen molar-refractivity contribution in [2.45, 2.75) is 90.8 Å². The molecule has 3 amide bonds. The Morgan fingerprint density at radius 1 is 1.17 bits per heavy atom. The summed E-state index contributed by atoms with van der Waals surface area (Å²) < 4.78 is 22.2. The average molecular weight is 586 g/mol. The van der Waals surface area contributed by atoms with E-state index < -0.39 is 47.9 Å². The average Bonchev–Trinajstić information content (AvgIpc) is 3.56. The standard InChI is InChI=1S/C31H43N3O8/c1-30(2,3)41-18-24-26(35)34-16-22(14-25(34)27(36)39-6)42-29(38)33-15-21-12-9-11-20(23(21)17-33)10-7-8-13-31(4,5)19-40-28(37)32-24/h7,9-12,22,24-25H,8,13-19H2,1-6H3,(H,32,37)/b10-7+/t22-,24+,25+/m1/s1. The van der Waals surface area contributed by atoms with Crippen LogP contribution in [-0.2, 0) is 41.6 Å². The SMILES string of the molecule is COC(=O)[C@@H]1C[C@@H]2CN1C(=O)[C@H](COC(C)(C)C)NC(=O)OCC(C)(C)CC/C=C/c1cccc3c1CN(C3)C(=O)O2. The molecule has 0 unspecified atom stereocenters. The lowest BCUT2D eigenvalue weighted by atomic mass is 9.88. The Balaban J connectivity index is 1.62. The van der Waals surface area contributed by atoms with Gasteiger partial charge in [-0.3, -0.25) is 9.69 Å². The lowest BCUT2D eigenvalue weighted by molar-refractivity contribution is -0.152. The molecule has 1 aromatic carbocycles. The number of benzene rings is 1. The van der Waals surface area contributed by atoms with Gasteiger partial charge < -0.3 is 29.2 Å². The Bertz CT molecular complexity index is 1220. The first-order chi connectivity index (χ1) is 19.8. The molecule has 3 atom stereocenters. The number of hydrogen-bond donors (Lipinski definition) is 1. The van der Waals surface area contributed by atoms with Crippen molar-refractivity contribution in [1.82, 2.24) is 15.1 Å². The molecule has 1 saturated heterocycles. The molecule has 230 valence electrons. The molecule has 11 nitrogen and oxygen atoms in total. The summed E-state index contributed by atoms with van der Waals surface area (Å²) in [5.74, 6) is -1.19. The van der Waals surface area contributed by atoms with Gasteiger partial charge in [0.2, 0.25) is 5.91 Å². The smallest absolute Gasteiger partial charge is 0.410 e. The molecule has 0 aromatic heterocycles. The normalized spacial score (nSPS) is 25.8. The minimum Gasteiger partial charge on any atom is -0.467 e. The molecule has 4 rings (SSSR count). The summed E-state index contributed by atoms with van der Waals surface area (Å²) in [5, 5.41) is 2.64. The molecule has 42 heavy (non-hydrogen) atoms. The number of cyclic esters (lactones) is 1. The zero-order chi connectivity index (χ0) is 30.7. The predicted molar refractivity (Wildman–Crippen MR) is 154 cm³/mol. The van der Waals surface area contributed by atoms with E-state index in [4.69, 9.17) is 18.9 Å². The maximum Gasteiger partial charge on any atom is 0.410 e. The number of alkyl carbamates (subject to hydrolysis) is 1. The second-order valence-electron chi connectivity index (χ2n) is 12.9. The van der Waals surface area contributed by atoms with E-state index in [1.54, 1.807) is 4.90 Å². The Morgan fingerprint density at radius 3 is 2.64 bits per heavy atom. The van der Waals surface area contributed by atoms with E-state index >= 15 is 0 Å². The molecule has 4 bridgehead atoms. The third-order valence-corrected chi connectivity index (χ3v) is 7.72. The van der Waals surface area contributed by atoms with Gasteiger partial charge in [-0.2, -0.15) is 0 Å². The van der Waals surface area contributed by atoms with Crippen molar-refractivity contribution >= 4 is 30.1 Å². The number of rotatable bonds is 3. The summed E-state index contributed by atoms with van der Waals surface area (Å²) in [6, 6.07) is 3.87. The highest BCUT2D eigenvalue weighted by molar-refractivity contribution is 5.90. The molecule has 1 aromatic rings. The second kappa shape index (κ2) is 12.7. The molecular formula is C31H43N3O8. The highest BCUT2D eigenvalue weighted by Crippen LogP contribution is 2.30. The number of esters is 1. The third kappa shape index (κ3) is 7.81. The Kier molecular flexibility index (Phi) is 9.50. The number of fused-ring (bicyclic) bond motifs is 3. The number of hydrogen-bond acceptors (Lipinski definition) is 8. The molecule has 0 aliphatic carbocycles. The lowest BCUT2D eigenvalue weighted by Crippen LogP contribution is -2.54. The summed E-state index contributed by atoms with van der Waals surface area (Å²) in [5.41, 5.74) is 2.24. The molecule has 0 radical (unpaired) electrons. The van der Waals surface area contributed by atoms with Crippen LogP contribution in [0.2, 0.25) is 0 Å². The largest absolute Gasteiger partial charge is 0.467 e. The van der Waals surface area contributed by atoms with Crippen molar-refractivity contribution in [2.75, 3.05) is 26.9 Å². The van der Waals surface area contributed by atoms with Gasteiger partial charge in [0.15, 0.2) is 0 Å². The minimum atomic E-state index is -1.14. The number of allylic oxidation sites excluding steroid dienone is 1. The van der Waals surface area contributed by atoms with Crippen molar-refractivity contribution < 1.29 is 38.1 Å². The fraction of sp³-hybridized carbons (Fsp3) is 0.613. The van der Waals surface area contributed by atoms with Crippen molar-refractivity contribution in [3.05, 3.63) is 41.0 Å². The van der Waals surface area contributed by atoms with E-state index in [0.29, 0.717) is 13.1 Å². The van der Waals surface area contributed by atoms with Gasteiger partial charge in [-0.1, -0.05) is 44.2 Å². The molecule has 3 aliphatic rings. The van der Waals surface area contributed by atoms with E-state index in [9.17, 15) is 19.2 Å². The van der Waals surface area contributed by atoms with Crippen LogP contribution >= 0.6 is 0 Å². The van der Waals surface area contributed by atoms with Crippen LogP contribution in [0.5, 0.6) is 0 Å². The van der Waals surface area contributed by atoms with Crippen LogP contribution in [0.15, 0.2) is 24.3 Å². The highest BCUT2D eigenvalue weighted by atomic mass is 16.6. The monoisotopic (exact) mass is 585 g/mol. The fourth-order valence-electron chi connectivity index (χ4n) is 5.35. The molecule has 0 saturated carbocycles. The minimum absolute atomic E-state index is 0.0328. The number of ether oxygens (including phenoxy) is 4. The summed E-state index contributed by atoms with van der Waals surface area (Å²) in [6.45, 7) is 10.3. The van der Waals surface area contributed by atoms with E-state index in [1.165, 1.54) is 12.0 Å². The molecule has 11 heteroatoms. The van der Waals surface area contributed by atoms with Gasteiger partial charge in [-0.15, -0.1) is 0 Å². The van der Waals surface area contributed by atoms with Crippen LogP contribution in [0.1, 0.15) is 70.6 Å². The van der Waals surface area contributed by atoms with Crippen molar-refractivity contribution in [3.8, 4) is 0 Å². The number of methoxy groups -OCH3 is 1. The van der Waals surface area contributed by atoms with Crippen LogP contribution in [0.4, 0.5) is 9.59 Å². The van der Waals surface area contributed by atoms with Crippen LogP contribution in [0, 0.1) is 5.41 Å². The first-order valence-corrected chi connectivity index (χ1v) is 14.4. The summed E-state index contributed by atoms with van der Waals surface area (Å²) in [7, 11) is 1.24. The maximum atomic E-state index is 13.8. The first kappa shape index (κ1) is 31.3. The number of carbonyl (C=O) groups excluding carboxylic acids is 4. The highest BCUT2D eigenvalue weighted by Gasteiger charge is 2.45. The topological polar surface area (TPSA) is 124 Å². The summed E-state index contributed by atoms with van der Waals surface area (Å²) >= 11 is 0. The number of nitrogens with one attached hydrogen (secondary N) is 1. The summed E-state index contributed by atoms with van der Waals surface area (Å²) in [4.78, 5) is 55.6. The van der Waals surface area contributed by atoms with Gasteiger partial charge in [0.25, 0.3) is 0 Å². The Hall–Kier alpha value is -3.60. The van der Waals surface area contributed by atoms with Gasteiger partial charge in [-0.25, -0.2) is 14.4 Å². The van der Waals surface area contributed by atoms with Gasteiger partial charge in [-0.05, 0) is 55.7 Å². The van der Waals surface area contributed by atoms with Crippen LogP contribution in [-0.4, -0.2) is 84.5 Å².